The molecule has 116 valence electrons. The molecule has 1 fully saturated rings. The van der Waals surface area contributed by atoms with Crippen LogP contribution in [0, 0.1) is 5.92 Å². The number of hydrogen-bond acceptors (Lipinski definition) is 3. The van der Waals surface area contributed by atoms with Crippen molar-refractivity contribution in [1.29, 1.82) is 0 Å². The molecule has 0 saturated carbocycles. The lowest BCUT2D eigenvalue weighted by atomic mass is 10.0. The van der Waals surface area contributed by atoms with Crippen LogP contribution in [-0.2, 0) is 21.2 Å². The maximum Gasteiger partial charge on any atom is 0.223 e. The van der Waals surface area contributed by atoms with E-state index in [4.69, 9.17) is 11.6 Å². The fourth-order valence-electron chi connectivity index (χ4n) is 2.62. The van der Waals surface area contributed by atoms with Gasteiger partial charge in [-0.1, -0.05) is 29.8 Å². The zero-order valence-electron chi connectivity index (χ0n) is 12.1. The third-order valence-corrected chi connectivity index (χ3v) is 6.05. The number of rotatable bonds is 5. The van der Waals surface area contributed by atoms with Crippen molar-refractivity contribution in [2.75, 3.05) is 18.1 Å². The van der Waals surface area contributed by atoms with Gasteiger partial charge >= 0.3 is 0 Å². The van der Waals surface area contributed by atoms with E-state index in [2.05, 4.69) is 0 Å². The standard InChI is InChI=1S/C15H20ClNO3S/c1-2-17(10-13-5-3-4-6-14(13)16)15(18)9-12-7-8-21(19,20)11-12/h3-6,12H,2,7-11H2,1H3. The largest absolute Gasteiger partial charge is 0.339 e. The Bertz CT molecular complexity index is 615. The van der Waals surface area contributed by atoms with E-state index in [-0.39, 0.29) is 23.3 Å². The molecule has 1 amide bonds. The molecule has 0 N–H and O–H groups in total. The Kier molecular flexibility index (Phi) is 5.27. The molecule has 21 heavy (non-hydrogen) atoms. The lowest BCUT2D eigenvalue weighted by Gasteiger charge is -2.23. The highest BCUT2D eigenvalue weighted by Gasteiger charge is 2.30. The molecule has 1 heterocycles. The quantitative estimate of drug-likeness (QED) is 0.834. The van der Waals surface area contributed by atoms with Gasteiger partial charge in [-0.05, 0) is 30.9 Å². The summed E-state index contributed by atoms with van der Waals surface area (Å²) in [6.07, 6.45) is 0.898. The predicted octanol–water partition coefficient (Wildman–Crippen LogP) is 2.51. The van der Waals surface area contributed by atoms with Crippen molar-refractivity contribution in [1.82, 2.24) is 4.90 Å². The van der Waals surface area contributed by atoms with Gasteiger partial charge in [-0.3, -0.25) is 4.79 Å². The highest BCUT2D eigenvalue weighted by atomic mass is 35.5. The minimum Gasteiger partial charge on any atom is -0.339 e. The molecule has 1 aliphatic rings. The predicted molar refractivity (Wildman–Crippen MR) is 83.9 cm³/mol. The highest BCUT2D eigenvalue weighted by molar-refractivity contribution is 7.91. The number of amides is 1. The summed E-state index contributed by atoms with van der Waals surface area (Å²) < 4.78 is 22.9. The molecule has 1 aromatic carbocycles. The van der Waals surface area contributed by atoms with E-state index in [1.807, 2.05) is 25.1 Å². The first kappa shape index (κ1) is 16.3. The van der Waals surface area contributed by atoms with Gasteiger partial charge in [-0.15, -0.1) is 0 Å². The van der Waals surface area contributed by atoms with Gasteiger partial charge in [0.25, 0.3) is 0 Å². The molecule has 0 spiro atoms. The second kappa shape index (κ2) is 6.79. The number of nitrogens with zero attached hydrogens (tertiary/aromatic N) is 1. The van der Waals surface area contributed by atoms with E-state index in [9.17, 15) is 13.2 Å². The number of carbonyl (C=O) groups excluding carboxylic acids is 1. The SMILES string of the molecule is CCN(Cc1ccccc1Cl)C(=O)CC1CCS(=O)(=O)C1. The summed E-state index contributed by atoms with van der Waals surface area (Å²) in [5, 5.41) is 0.646. The van der Waals surface area contributed by atoms with Crippen LogP contribution in [0.1, 0.15) is 25.3 Å². The van der Waals surface area contributed by atoms with E-state index < -0.39 is 9.84 Å². The molecular formula is C15H20ClNO3S. The van der Waals surface area contributed by atoms with Crippen molar-refractivity contribution in [3.8, 4) is 0 Å². The Balaban J connectivity index is 1.98. The number of carbonyl (C=O) groups is 1. The van der Waals surface area contributed by atoms with Crippen molar-refractivity contribution in [3.63, 3.8) is 0 Å². The van der Waals surface area contributed by atoms with Gasteiger partial charge in [-0.25, -0.2) is 8.42 Å². The van der Waals surface area contributed by atoms with Crippen LogP contribution in [0.25, 0.3) is 0 Å². The average molecular weight is 330 g/mol. The summed E-state index contributed by atoms with van der Waals surface area (Å²) in [4.78, 5) is 14.1. The second-order valence-corrected chi connectivity index (χ2v) is 8.11. The number of halogens is 1. The fourth-order valence-corrected chi connectivity index (χ4v) is 4.67. The Hall–Kier alpha value is -1.07. The van der Waals surface area contributed by atoms with Crippen LogP contribution in [0.2, 0.25) is 5.02 Å². The summed E-state index contributed by atoms with van der Waals surface area (Å²) in [7, 11) is -2.93. The molecule has 1 saturated heterocycles. The molecule has 0 radical (unpaired) electrons. The molecule has 6 heteroatoms. The summed E-state index contributed by atoms with van der Waals surface area (Å²) in [5.74, 6) is 0.312. The lowest BCUT2D eigenvalue weighted by Crippen LogP contribution is -2.32. The normalized spacial score (nSPS) is 20.4. The first-order chi connectivity index (χ1) is 9.91. The van der Waals surface area contributed by atoms with E-state index in [1.54, 1.807) is 11.0 Å². The maximum absolute atomic E-state index is 12.3. The number of sulfone groups is 1. The molecule has 1 unspecified atom stereocenters. The van der Waals surface area contributed by atoms with Crippen LogP contribution in [0.5, 0.6) is 0 Å². The van der Waals surface area contributed by atoms with Crippen LogP contribution < -0.4 is 0 Å². The summed E-state index contributed by atoms with van der Waals surface area (Å²) in [5.41, 5.74) is 0.911. The highest BCUT2D eigenvalue weighted by Crippen LogP contribution is 2.23. The van der Waals surface area contributed by atoms with Crippen LogP contribution in [0.3, 0.4) is 0 Å². The minimum atomic E-state index is -2.93. The monoisotopic (exact) mass is 329 g/mol. The van der Waals surface area contributed by atoms with Gasteiger partial charge in [-0.2, -0.15) is 0 Å². The molecular weight excluding hydrogens is 310 g/mol. The van der Waals surface area contributed by atoms with Gasteiger partial charge in [0.1, 0.15) is 0 Å². The molecule has 2 rings (SSSR count). The number of hydrogen-bond donors (Lipinski definition) is 0. The van der Waals surface area contributed by atoms with Crippen molar-refractivity contribution in [3.05, 3.63) is 34.9 Å². The average Bonchev–Trinajstić information content (AvgIpc) is 2.77. The second-order valence-electron chi connectivity index (χ2n) is 5.47. The van der Waals surface area contributed by atoms with Gasteiger partial charge in [0, 0.05) is 24.5 Å². The molecule has 0 aliphatic carbocycles. The Morgan fingerprint density at radius 2 is 2.10 bits per heavy atom. The Morgan fingerprint density at radius 1 is 1.38 bits per heavy atom. The van der Waals surface area contributed by atoms with Crippen molar-refractivity contribution < 1.29 is 13.2 Å². The maximum atomic E-state index is 12.3. The van der Waals surface area contributed by atoms with Crippen LogP contribution >= 0.6 is 11.6 Å². The summed E-state index contributed by atoms with van der Waals surface area (Å²) >= 11 is 6.12. The number of benzene rings is 1. The summed E-state index contributed by atoms with van der Waals surface area (Å²) in [6.45, 7) is 2.97. The van der Waals surface area contributed by atoms with E-state index in [0.29, 0.717) is 31.0 Å². The molecule has 1 atom stereocenters. The third-order valence-electron chi connectivity index (χ3n) is 3.84. The molecule has 1 aliphatic heterocycles. The van der Waals surface area contributed by atoms with Gasteiger partial charge < -0.3 is 4.90 Å². The van der Waals surface area contributed by atoms with Gasteiger partial charge in [0.05, 0.1) is 11.5 Å². The fraction of sp³-hybridized carbons (Fsp3) is 0.533. The first-order valence-corrected chi connectivity index (χ1v) is 9.33. The Labute approximate surface area is 131 Å². The van der Waals surface area contributed by atoms with E-state index in [1.165, 1.54) is 0 Å². The molecule has 0 aromatic heterocycles. The molecule has 1 aromatic rings. The zero-order chi connectivity index (χ0) is 15.5. The molecule has 4 nitrogen and oxygen atoms in total. The van der Waals surface area contributed by atoms with Crippen molar-refractivity contribution >= 4 is 27.3 Å². The topological polar surface area (TPSA) is 54.5 Å². The van der Waals surface area contributed by atoms with Gasteiger partial charge in [0.15, 0.2) is 9.84 Å². The lowest BCUT2D eigenvalue weighted by molar-refractivity contribution is -0.132. The Morgan fingerprint density at radius 3 is 2.67 bits per heavy atom. The van der Waals surface area contributed by atoms with E-state index >= 15 is 0 Å². The van der Waals surface area contributed by atoms with Crippen molar-refractivity contribution in [2.45, 2.75) is 26.3 Å². The van der Waals surface area contributed by atoms with Crippen LogP contribution in [0.15, 0.2) is 24.3 Å². The van der Waals surface area contributed by atoms with Crippen molar-refractivity contribution in [2.24, 2.45) is 5.92 Å². The van der Waals surface area contributed by atoms with Gasteiger partial charge in [0.2, 0.25) is 5.91 Å². The summed E-state index contributed by atoms with van der Waals surface area (Å²) in [6, 6.07) is 7.45. The first-order valence-electron chi connectivity index (χ1n) is 7.13. The molecule has 0 bridgehead atoms. The third kappa shape index (κ3) is 4.45. The van der Waals surface area contributed by atoms with Crippen LogP contribution in [-0.4, -0.2) is 37.3 Å². The smallest absolute Gasteiger partial charge is 0.223 e. The van der Waals surface area contributed by atoms with Crippen LogP contribution in [0.4, 0.5) is 0 Å². The zero-order valence-corrected chi connectivity index (χ0v) is 13.7. The minimum absolute atomic E-state index is 0.000445. The van der Waals surface area contributed by atoms with E-state index in [0.717, 1.165) is 5.56 Å².